The second-order valence-electron chi connectivity index (χ2n) is 13.4. The van der Waals surface area contributed by atoms with E-state index in [1.165, 1.54) is 57.4 Å². The summed E-state index contributed by atoms with van der Waals surface area (Å²) in [6, 6.07) is 44.8. The van der Waals surface area contributed by atoms with E-state index in [2.05, 4.69) is 121 Å². The lowest BCUT2D eigenvalue weighted by atomic mass is 9.85. The summed E-state index contributed by atoms with van der Waals surface area (Å²) in [7, 11) is -4.46. The Labute approximate surface area is 306 Å². The Morgan fingerprint density at radius 1 is 0.471 bits per heavy atom. The van der Waals surface area contributed by atoms with Gasteiger partial charge in [0.15, 0.2) is 0 Å². The predicted molar refractivity (Wildman–Crippen MR) is 214 cm³/mol. The average Bonchev–Trinajstić information content (AvgIpc) is 3.16. The molecule has 0 amide bonds. The molecule has 0 spiro atoms. The number of unbranched alkanes of at least 4 members (excludes halogenated alkanes) is 8. The minimum Gasteiger partial charge on any atom is -0.341 e. The highest BCUT2D eigenvalue weighted by Gasteiger charge is 2.25. The average molecular weight is 703 g/mol. The van der Waals surface area contributed by atoms with Crippen LogP contribution in [0.25, 0.3) is 0 Å². The molecule has 0 unspecified atom stereocenters. The third-order valence-electron chi connectivity index (χ3n) is 9.69. The summed E-state index contributed by atoms with van der Waals surface area (Å²) in [6.07, 6.45) is 12.0. The van der Waals surface area contributed by atoms with E-state index in [-0.39, 0.29) is 4.90 Å². The fraction of sp³-hybridized carbons (Fsp3) is 0.333. The molecule has 0 aliphatic heterocycles. The van der Waals surface area contributed by atoms with Crippen molar-refractivity contribution in [3.63, 3.8) is 0 Å². The van der Waals surface area contributed by atoms with Crippen LogP contribution in [0.1, 0.15) is 101 Å². The van der Waals surface area contributed by atoms with E-state index in [4.69, 9.17) is 0 Å². The van der Waals surface area contributed by atoms with Crippen LogP contribution in [0.3, 0.4) is 0 Å². The van der Waals surface area contributed by atoms with Gasteiger partial charge in [-0.1, -0.05) is 144 Å². The molecule has 0 aromatic heterocycles. The van der Waals surface area contributed by atoms with E-state index in [9.17, 15) is 13.0 Å². The number of hydrogen-bond donors (Lipinski definition) is 1. The van der Waals surface area contributed by atoms with E-state index in [0.717, 1.165) is 59.8 Å². The van der Waals surface area contributed by atoms with Crippen molar-refractivity contribution >= 4 is 32.9 Å². The van der Waals surface area contributed by atoms with Crippen molar-refractivity contribution < 1.29 is 13.0 Å². The Morgan fingerprint density at radius 3 is 1.25 bits per heavy atom. The normalized spacial score (nSPS) is 11.5. The molecule has 0 saturated carbocycles. The van der Waals surface area contributed by atoms with Crippen LogP contribution < -0.4 is 9.80 Å². The van der Waals surface area contributed by atoms with E-state index in [0.29, 0.717) is 5.56 Å². The van der Waals surface area contributed by atoms with E-state index in [1.807, 2.05) is 24.3 Å². The first kappa shape index (κ1) is 37.9. The molecular formula is C45H54N2O3S. The topological polar surface area (TPSA) is 60.9 Å². The molecule has 0 atom stereocenters. The van der Waals surface area contributed by atoms with E-state index in [1.54, 1.807) is 6.07 Å². The van der Waals surface area contributed by atoms with E-state index >= 15 is 0 Å². The number of hydrogen-bond acceptors (Lipinski definition) is 4. The Hall–Kier alpha value is -4.39. The number of benzene rings is 5. The second kappa shape index (κ2) is 19.3. The minimum absolute atomic E-state index is 0.0702. The van der Waals surface area contributed by atoms with Crippen LogP contribution in [0.5, 0.6) is 0 Å². The fourth-order valence-corrected chi connectivity index (χ4v) is 7.71. The first-order valence-corrected chi connectivity index (χ1v) is 20.3. The van der Waals surface area contributed by atoms with Crippen molar-refractivity contribution in [1.29, 1.82) is 0 Å². The van der Waals surface area contributed by atoms with E-state index < -0.39 is 16.0 Å². The third-order valence-corrected chi connectivity index (χ3v) is 10.6. The van der Waals surface area contributed by atoms with Gasteiger partial charge in [0.2, 0.25) is 0 Å². The lowest BCUT2D eigenvalue weighted by molar-refractivity contribution is 0.482. The third kappa shape index (κ3) is 10.6. The Morgan fingerprint density at radius 2 is 0.843 bits per heavy atom. The molecule has 0 aliphatic rings. The number of anilines is 4. The minimum atomic E-state index is -4.46. The van der Waals surface area contributed by atoms with Crippen molar-refractivity contribution in [3.05, 3.63) is 150 Å². The van der Waals surface area contributed by atoms with Gasteiger partial charge in [-0.05, 0) is 84.1 Å². The number of nitrogens with zero attached hydrogens (tertiary/aromatic N) is 2. The van der Waals surface area contributed by atoms with Gasteiger partial charge >= 0.3 is 0 Å². The first-order valence-electron chi connectivity index (χ1n) is 18.8. The molecule has 0 bridgehead atoms. The lowest BCUT2D eigenvalue weighted by Gasteiger charge is -2.27. The molecule has 5 aromatic carbocycles. The molecule has 0 fully saturated rings. The predicted octanol–water partition coefficient (Wildman–Crippen LogP) is 12.3. The van der Waals surface area contributed by atoms with Gasteiger partial charge in [-0.15, -0.1) is 0 Å². The maximum atomic E-state index is 12.7. The van der Waals surface area contributed by atoms with Crippen LogP contribution in [-0.4, -0.2) is 26.1 Å². The zero-order valence-corrected chi connectivity index (χ0v) is 31.1. The van der Waals surface area contributed by atoms with Crippen molar-refractivity contribution in [2.75, 3.05) is 22.9 Å². The highest BCUT2D eigenvalue weighted by Crippen LogP contribution is 2.38. The van der Waals surface area contributed by atoms with Crippen LogP contribution >= 0.6 is 0 Å². The molecule has 0 saturated heterocycles. The zero-order chi connectivity index (χ0) is 35.9. The second-order valence-corrected chi connectivity index (χ2v) is 14.8. The maximum absolute atomic E-state index is 12.7. The summed E-state index contributed by atoms with van der Waals surface area (Å²) < 4.78 is 35.7. The van der Waals surface area contributed by atoms with Crippen LogP contribution in [0.15, 0.2) is 138 Å². The first-order chi connectivity index (χ1) is 24.9. The molecule has 0 radical (unpaired) electrons. The molecule has 6 heteroatoms. The van der Waals surface area contributed by atoms with Gasteiger partial charge in [0.05, 0.1) is 4.90 Å². The van der Waals surface area contributed by atoms with Crippen molar-refractivity contribution in [1.82, 2.24) is 0 Å². The maximum Gasteiger partial charge on any atom is 0.294 e. The standard InChI is InChI=1S/C45H54N2O3S/c1-3-5-7-9-19-35-46(39-21-13-11-14-22-39)41-31-27-37(28-32-41)45(43-25-17-18-26-44(43)51(48,49)50)38-29-33-42(34-30-38)47(36-20-10-8-6-4-2)40-23-15-12-16-24-40/h11-18,21-34,45H,3-10,19-20,35-36H2,1-2H3,(H,48,49,50). The van der Waals surface area contributed by atoms with Gasteiger partial charge in [0, 0.05) is 41.8 Å². The molecule has 0 heterocycles. The SMILES string of the molecule is CCCCCCCN(c1ccccc1)c1ccc(C(c2ccc(N(CCCCCCC)c3ccccc3)cc2)c2ccccc2S(=O)(=O)O)cc1. The fourth-order valence-electron chi connectivity index (χ4n) is 6.98. The van der Waals surface area contributed by atoms with Gasteiger partial charge in [-0.25, -0.2) is 0 Å². The highest BCUT2D eigenvalue weighted by molar-refractivity contribution is 7.85. The summed E-state index contributed by atoms with van der Waals surface area (Å²) in [4.78, 5) is 4.66. The summed E-state index contributed by atoms with van der Waals surface area (Å²) >= 11 is 0. The summed E-state index contributed by atoms with van der Waals surface area (Å²) in [5.41, 5.74) is 6.94. The Kier molecular flexibility index (Phi) is 14.3. The van der Waals surface area contributed by atoms with Crippen molar-refractivity contribution in [3.8, 4) is 0 Å². The zero-order valence-electron chi connectivity index (χ0n) is 30.3. The smallest absolute Gasteiger partial charge is 0.294 e. The Bertz CT molecular complexity index is 1740. The van der Waals surface area contributed by atoms with Gasteiger partial charge in [0.25, 0.3) is 10.1 Å². The van der Waals surface area contributed by atoms with Crippen LogP contribution in [-0.2, 0) is 10.1 Å². The number of rotatable bonds is 20. The molecule has 268 valence electrons. The largest absolute Gasteiger partial charge is 0.341 e. The molecule has 51 heavy (non-hydrogen) atoms. The lowest BCUT2D eigenvalue weighted by Crippen LogP contribution is -2.19. The van der Waals surface area contributed by atoms with Gasteiger partial charge in [0.1, 0.15) is 0 Å². The molecule has 5 aromatic rings. The molecule has 0 aliphatic carbocycles. The highest BCUT2D eigenvalue weighted by atomic mass is 32.2. The van der Waals surface area contributed by atoms with Crippen molar-refractivity contribution in [2.45, 2.75) is 88.9 Å². The van der Waals surface area contributed by atoms with Crippen LogP contribution in [0.2, 0.25) is 0 Å². The van der Waals surface area contributed by atoms with Crippen LogP contribution in [0, 0.1) is 0 Å². The summed E-state index contributed by atoms with van der Waals surface area (Å²) in [6.45, 7) is 6.31. The number of para-hydroxylation sites is 2. The van der Waals surface area contributed by atoms with Crippen molar-refractivity contribution in [2.24, 2.45) is 0 Å². The Balaban J connectivity index is 1.50. The molecule has 1 N–H and O–H groups in total. The van der Waals surface area contributed by atoms with Gasteiger partial charge < -0.3 is 9.80 Å². The molecular weight excluding hydrogens is 649 g/mol. The van der Waals surface area contributed by atoms with Gasteiger partial charge in [-0.3, -0.25) is 4.55 Å². The molecule has 5 rings (SSSR count). The summed E-state index contributed by atoms with van der Waals surface area (Å²) in [5, 5.41) is 0. The van der Waals surface area contributed by atoms with Crippen LogP contribution in [0.4, 0.5) is 22.7 Å². The van der Waals surface area contributed by atoms with Gasteiger partial charge in [-0.2, -0.15) is 8.42 Å². The quantitative estimate of drug-likeness (QED) is 0.0497. The molecule has 5 nitrogen and oxygen atoms in total. The monoisotopic (exact) mass is 702 g/mol. The summed E-state index contributed by atoms with van der Waals surface area (Å²) in [5.74, 6) is -0.412.